The normalized spacial score (nSPS) is 38.5. The van der Waals surface area contributed by atoms with Crippen LogP contribution in [0.2, 0.25) is 18.1 Å². The number of carboxylic acids is 1. The molecule has 6 atom stereocenters. The zero-order valence-electron chi connectivity index (χ0n) is 18.6. The van der Waals surface area contributed by atoms with Crippen molar-refractivity contribution in [1.82, 2.24) is 0 Å². The maximum atomic E-state index is 13.3. The van der Waals surface area contributed by atoms with Gasteiger partial charge in [-0.05, 0) is 68.7 Å². The first kappa shape index (κ1) is 22.5. The van der Waals surface area contributed by atoms with Gasteiger partial charge in [0.2, 0.25) is 5.60 Å². The predicted molar refractivity (Wildman–Crippen MR) is 112 cm³/mol. The molecule has 164 valence electrons. The number of hydrogen-bond donors (Lipinski definition) is 1. The minimum atomic E-state index is -2.09. The number of aliphatic carboxylic acids is 1. The molecular formula is C22H36O6Si. The van der Waals surface area contributed by atoms with E-state index in [2.05, 4.69) is 27.7 Å². The van der Waals surface area contributed by atoms with Crippen LogP contribution < -0.4 is 0 Å². The lowest BCUT2D eigenvalue weighted by Gasteiger charge is -2.53. The molecule has 1 N–H and O–H groups in total. The summed E-state index contributed by atoms with van der Waals surface area (Å²) in [6.45, 7) is 12.5. The molecular weight excluding hydrogens is 388 g/mol. The van der Waals surface area contributed by atoms with E-state index in [-0.39, 0.29) is 24.0 Å². The number of ether oxygens (including phenoxy) is 2. The van der Waals surface area contributed by atoms with Crippen LogP contribution in [-0.4, -0.2) is 49.3 Å². The topological polar surface area (TPSA) is 82.1 Å². The minimum Gasteiger partial charge on any atom is -0.478 e. The Kier molecular flexibility index (Phi) is 6.07. The lowest BCUT2D eigenvalue weighted by molar-refractivity contribution is -0.234. The molecule has 0 spiro atoms. The van der Waals surface area contributed by atoms with Crippen LogP contribution in [0.5, 0.6) is 0 Å². The summed E-state index contributed by atoms with van der Waals surface area (Å²) in [5.74, 6) is -1.12. The van der Waals surface area contributed by atoms with Crippen molar-refractivity contribution in [2.75, 3.05) is 6.61 Å². The van der Waals surface area contributed by atoms with Gasteiger partial charge in [0.25, 0.3) is 0 Å². The molecule has 0 aromatic heterocycles. The summed E-state index contributed by atoms with van der Waals surface area (Å²) in [5.41, 5.74) is -2.30. The van der Waals surface area contributed by atoms with Gasteiger partial charge in [-0.3, -0.25) is 0 Å². The highest BCUT2D eigenvalue weighted by Crippen LogP contribution is 2.61. The Morgan fingerprint density at radius 2 is 1.83 bits per heavy atom. The Bertz CT molecular complexity index is 693. The van der Waals surface area contributed by atoms with E-state index in [1.165, 1.54) is 6.08 Å². The number of esters is 1. The highest BCUT2D eigenvalue weighted by molar-refractivity contribution is 6.73. The molecule has 2 bridgehead atoms. The molecule has 0 unspecified atom stereocenters. The van der Waals surface area contributed by atoms with Gasteiger partial charge in [-0.2, -0.15) is 0 Å². The highest BCUT2D eigenvalue weighted by Gasteiger charge is 2.71. The first-order valence-corrected chi connectivity index (χ1v) is 13.7. The number of rotatable bonds is 8. The molecule has 7 heteroatoms. The van der Waals surface area contributed by atoms with Crippen LogP contribution in [0.4, 0.5) is 0 Å². The molecule has 3 rings (SSSR count). The second kappa shape index (κ2) is 7.82. The summed E-state index contributed by atoms with van der Waals surface area (Å²) in [5, 5.41) is 9.96. The number of carboxylic acid groups (broad SMARTS) is 1. The zero-order valence-corrected chi connectivity index (χ0v) is 19.6. The average Bonchev–Trinajstić information content (AvgIpc) is 3.21. The predicted octanol–water partition coefficient (Wildman–Crippen LogP) is 4.15. The second-order valence-electron chi connectivity index (χ2n) is 9.11. The maximum absolute atomic E-state index is 13.3. The third kappa shape index (κ3) is 3.20. The summed E-state index contributed by atoms with van der Waals surface area (Å²) in [6, 6.07) is 2.86. The second-order valence-corrected chi connectivity index (χ2v) is 13.8. The smallest absolute Gasteiger partial charge is 0.345 e. The summed E-state index contributed by atoms with van der Waals surface area (Å²) in [7, 11) is -2.09. The molecule has 0 aromatic carbocycles. The van der Waals surface area contributed by atoms with Gasteiger partial charge in [-0.25, -0.2) is 9.59 Å². The first-order chi connectivity index (χ1) is 13.6. The van der Waals surface area contributed by atoms with Gasteiger partial charge in [0.05, 0.1) is 18.3 Å². The van der Waals surface area contributed by atoms with Crippen LogP contribution in [0.15, 0.2) is 11.6 Å². The van der Waals surface area contributed by atoms with Crippen molar-refractivity contribution in [3.63, 3.8) is 0 Å². The minimum absolute atomic E-state index is 0.0205. The van der Waals surface area contributed by atoms with Crippen molar-refractivity contribution in [2.24, 2.45) is 17.8 Å². The van der Waals surface area contributed by atoms with Gasteiger partial charge >= 0.3 is 11.9 Å². The molecule has 2 aliphatic heterocycles. The average molecular weight is 425 g/mol. The summed E-state index contributed by atoms with van der Waals surface area (Å²) >= 11 is 0. The van der Waals surface area contributed by atoms with Crippen molar-refractivity contribution in [3.05, 3.63) is 11.6 Å². The van der Waals surface area contributed by atoms with Crippen LogP contribution in [0.1, 0.15) is 54.4 Å². The van der Waals surface area contributed by atoms with E-state index < -0.39 is 37.6 Å². The van der Waals surface area contributed by atoms with Gasteiger partial charge in [0.15, 0.2) is 8.32 Å². The molecule has 0 aromatic rings. The van der Waals surface area contributed by atoms with Gasteiger partial charge in [0, 0.05) is 0 Å². The molecule has 3 aliphatic rings. The summed E-state index contributed by atoms with van der Waals surface area (Å²) in [6.07, 6.45) is 2.90. The molecule has 2 fully saturated rings. The van der Waals surface area contributed by atoms with Crippen molar-refractivity contribution < 1.29 is 28.6 Å². The van der Waals surface area contributed by atoms with E-state index in [4.69, 9.17) is 13.9 Å². The Morgan fingerprint density at radius 3 is 2.34 bits per heavy atom. The van der Waals surface area contributed by atoms with Gasteiger partial charge in [0.1, 0.15) is 5.60 Å². The standard InChI is InChI=1S/C22H36O6Si/c1-7-26-20(25)22-13-16(19(23)24)21(6,28-22)15-12-11-14(5)17(15)18(22)27-29(8-2,9-3)10-4/h13-15,17-18H,7-12H2,1-6H3,(H,23,24)/t14-,15-,17-,18-,21-,22-/m1/s1. The largest absolute Gasteiger partial charge is 0.478 e. The monoisotopic (exact) mass is 424 g/mol. The Balaban J connectivity index is 2.19. The Hall–Kier alpha value is -1.18. The zero-order chi connectivity index (χ0) is 21.6. The van der Waals surface area contributed by atoms with Gasteiger partial charge in [-0.15, -0.1) is 0 Å². The number of carbonyl (C=O) groups excluding carboxylic acids is 1. The SMILES string of the molecule is CCOC(=O)[C@]12C=C(C(=O)O)[C@](C)(O1)[C@@H]1CC[C@@H](C)[C@H]1[C@H]2O[Si](CC)(CC)CC. The first-order valence-electron chi connectivity index (χ1n) is 11.2. The lowest BCUT2D eigenvalue weighted by Crippen LogP contribution is -2.66. The summed E-state index contributed by atoms with van der Waals surface area (Å²) in [4.78, 5) is 25.5. The molecule has 29 heavy (non-hydrogen) atoms. The van der Waals surface area contributed by atoms with Crippen molar-refractivity contribution >= 4 is 20.3 Å². The molecule has 6 nitrogen and oxygen atoms in total. The molecule has 1 saturated heterocycles. The molecule has 1 aliphatic carbocycles. The summed E-state index contributed by atoms with van der Waals surface area (Å²) < 4.78 is 18.9. The van der Waals surface area contributed by atoms with Crippen molar-refractivity contribution in [2.45, 2.75) is 89.8 Å². The van der Waals surface area contributed by atoms with Crippen LogP contribution >= 0.6 is 0 Å². The van der Waals surface area contributed by atoms with E-state index in [0.717, 1.165) is 31.0 Å². The van der Waals surface area contributed by atoms with Crippen molar-refractivity contribution in [3.8, 4) is 0 Å². The van der Waals surface area contributed by atoms with Crippen LogP contribution in [0, 0.1) is 17.8 Å². The molecule has 1 saturated carbocycles. The fourth-order valence-corrected chi connectivity index (χ4v) is 8.91. The van der Waals surface area contributed by atoms with E-state index in [0.29, 0.717) is 5.92 Å². The van der Waals surface area contributed by atoms with Crippen LogP contribution in [0.3, 0.4) is 0 Å². The van der Waals surface area contributed by atoms with Gasteiger partial charge < -0.3 is 19.0 Å². The maximum Gasteiger partial charge on any atom is 0.345 e. The molecule has 0 radical (unpaired) electrons. The number of fused-ring (bicyclic) bond motifs is 4. The van der Waals surface area contributed by atoms with E-state index in [9.17, 15) is 14.7 Å². The van der Waals surface area contributed by atoms with Crippen molar-refractivity contribution in [1.29, 1.82) is 0 Å². The lowest BCUT2D eigenvalue weighted by atomic mass is 9.70. The number of carbonyl (C=O) groups is 2. The highest BCUT2D eigenvalue weighted by atomic mass is 28.4. The van der Waals surface area contributed by atoms with Crippen LogP contribution in [0.25, 0.3) is 0 Å². The van der Waals surface area contributed by atoms with E-state index in [1.807, 2.05) is 6.92 Å². The van der Waals surface area contributed by atoms with E-state index in [1.54, 1.807) is 6.92 Å². The molecule has 0 amide bonds. The van der Waals surface area contributed by atoms with E-state index >= 15 is 0 Å². The molecule has 2 heterocycles. The number of hydrogen-bond acceptors (Lipinski definition) is 5. The quantitative estimate of drug-likeness (QED) is 0.465. The van der Waals surface area contributed by atoms with Gasteiger partial charge in [-0.1, -0.05) is 27.7 Å². The third-order valence-electron chi connectivity index (χ3n) is 7.94. The third-order valence-corrected chi connectivity index (χ3v) is 12.6. The Morgan fingerprint density at radius 1 is 1.21 bits per heavy atom. The fraction of sp³-hybridized carbons (Fsp3) is 0.818. The Labute approximate surface area is 175 Å². The fourth-order valence-electron chi connectivity index (χ4n) is 6.04. The van der Waals surface area contributed by atoms with Crippen LogP contribution in [-0.2, 0) is 23.5 Å².